The number of ether oxygens (including phenoxy) is 1. The minimum atomic E-state index is -4.37. The van der Waals surface area contributed by atoms with Crippen molar-refractivity contribution < 1.29 is 27.5 Å². The van der Waals surface area contributed by atoms with E-state index in [1.165, 1.54) is 24.5 Å². The van der Waals surface area contributed by atoms with Gasteiger partial charge in [0.25, 0.3) is 0 Å². The molecule has 0 saturated carbocycles. The van der Waals surface area contributed by atoms with Gasteiger partial charge in [-0.2, -0.15) is 13.2 Å². The summed E-state index contributed by atoms with van der Waals surface area (Å²) in [6.45, 7) is 2.24. The largest absolute Gasteiger partial charge is 0.465 e. The molecule has 1 aliphatic heterocycles. The minimum Gasteiger partial charge on any atom is -0.465 e. The van der Waals surface area contributed by atoms with Crippen LogP contribution in [0.3, 0.4) is 0 Å². The molecule has 1 N–H and O–H groups in total. The first-order valence-electron chi connectivity index (χ1n) is 8.88. The SMILES string of the molecule is COC(=O)c1sccc1NC(=O)CN1CCN(c2cccc(C(F)(F)F)c2)CC1.Cl. The van der Waals surface area contributed by atoms with Crippen molar-refractivity contribution in [3.63, 3.8) is 0 Å². The van der Waals surface area contributed by atoms with Crippen LogP contribution in [-0.4, -0.2) is 56.6 Å². The number of carbonyl (C=O) groups is 2. The van der Waals surface area contributed by atoms with Crippen LogP contribution >= 0.6 is 23.7 Å². The van der Waals surface area contributed by atoms with E-state index in [1.54, 1.807) is 17.5 Å². The Bertz CT molecular complexity index is 883. The maximum atomic E-state index is 12.9. The zero-order chi connectivity index (χ0) is 21.0. The molecule has 0 unspecified atom stereocenters. The summed E-state index contributed by atoms with van der Waals surface area (Å²) in [4.78, 5) is 28.1. The highest BCUT2D eigenvalue weighted by Gasteiger charge is 2.31. The van der Waals surface area contributed by atoms with Crippen molar-refractivity contribution in [3.05, 3.63) is 46.2 Å². The third kappa shape index (κ3) is 5.87. The van der Waals surface area contributed by atoms with Gasteiger partial charge in [-0.25, -0.2) is 4.79 Å². The van der Waals surface area contributed by atoms with Crippen molar-refractivity contribution in [2.75, 3.05) is 50.1 Å². The van der Waals surface area contributed by atoms with E-state index in [4.69, 9.17) is 0 Å². The van der Waals surface area contributed by atoms with Crippen molar-refractivity contribution >= 4 is 47.0 Å². The molecule has 2 aromatic rings. The van der Waals surface area contributed by atoms with E-state index in [0.29, 0.717) is 42.4 Å². The molecular formula is C19H21ClF3N3O3S. The highest BCUT2D eigenvalue weighted by Crippen LogP contribution is 2.32. The summed E-state index contributed by atoms with van der Waals surface area (Å²) in [6.07, 6.45) is -4.37. The number of alkyl halides is 3. The first-order valence-corrected chi connectivity index (χ1v) is 9.76. The Labute approximate surface area is 182 Å². The molecule has 0 spiro atoms. The van der Waals surface area contributed by atoms with E-state index in [9.17, 15) is 22.8 Å². The van der Waals surface area contributed by atoms with E-state index in [1.807, 2.05) is 9.80 Å². The van der Waals surface area contributed by atoms with Crippen LogP contribution in [0.4, 0.5) is 24.5 Å². The molecule has 1 saturated heterocycles. The minimum absolute atomic E-state index is 0. The number of hydrogen-bond donors (Lipinski definition) is 1. The molecule has 3 rings (SSSR count). The second kappa shape index (κ2) is 10.1. The lowest BCUT2D eigenvalue weighted by Crippen LogP contribution is -2.48. The van der Waals surface area contributed by atoms with Crippen molar-refractivity contribution in [1.29, 1.82) is 0 Å². The molecular weight excluding hydrogens is 443 g/mol. The fourth-order valence-corrected chi connectivity index (χ4v) is 3.86. The lowest BCUT2D eigenvalue weighted by molar-refractivity contribution is -0.137. The smallest absolute Gasteiger partial charge is 0.416 e. The van der Waals surface area contributed by atoms with Crippen LogP contribution in [-0.2, 0) is 15.7 Å². The lowest BCUT2D eigenvalue weighted by atomic mass is 10.1. The Balaban J connectivity index is 0.00000320. The summed E-state index contributed by atoms with van der Waals surface area (Å²) in [7, 11) is 1.28. The number of anilines is 2. The number of nitrogens with zero attached hydrogens (tertiary/aromatic N) is 2. The molecule has 2 heterocycles. The van der Waals surface area contributed by atoms with E-state index >= 15 is 0 Å². The number of benzene rings is 1. The summed E-state index contributed by atoms with van der Waals surface area (Å²) in [5.74, 6) is -0.772. The normalized spacial score (nSPS) is 14.7. The molecule has 1 amide bonds. The average Bonchev–Trinajstić information content (AvgIpc) is 3.15. The van der Waals surface area contributed by atoms with E-state index < -0.39 is 17.7 Å². The summed E-state index contributed by atoms with van der Waals surface area (Å²) >= 11 is 1.18. The van der Waals surface area contributed by atoms with Crippen molar-refractivity contribution in [2.24, 2.45) is 0 Å². The Morgan fingerprint density at radius 1 is 1.17 bits per heavy atom. The maximum absolute atomic E-state index is 12.9. The summed E-state index contributed by atoms with van der Waals surface area (Å²) in [6, 6.07) is 6.89. The summed E-state index contributed by atoms with van der Waals surface area (Å²) < 4.78 is 43.4. The molecule has 11 heteroatoms. The second-order valence-corrected chi connectivity index (χ2v) is 7.43. The van der Waals surface area contributed by atoms with Gasteiger partial charge in [0.05, 0.1) is 24.9 Å². The van der Waals surface area contributed by atoms with Gasteiger partial charge in [0.2, 0.25) is 5.91 Å². The molecule has 0 radical (unpaired) electrons. The van der Waals surface area contributed by atoms with Crippen LogP contribution in [0.25, 0.3) is 0 Å². The standard InChI is InChI=1S/C19H20F3N3O3S.ClH/c1-28-18(27)17-15(5-10-29-17)23-16(26)12-24-6-8-25(9-7-24)14-4-2-3-13(11-14)19(20,21)22;/h2-5,10-11H,6-9,12H2,1H3,(H,23,26);1H. The molecule has 1 aliphatic rings. The molecule has 1 fully saturated rings. The van der Waals surface area contributed by atoms with Gasteiger partial charge >= 0.3 is 12.1 Å². The predicted octanol–water partition coefficient (Wildman–Crippen LogP) is 3.74. The van der Waals surface area contributed by atoms with Crippen LogP contribution in [0.1, 0.15) is 15.2 Å². The number of hydrogen-bond acceptors (Lipinski definition) is 6. The monoisotopic (exact) mass is 463 g/mol. The number of halogens is 4. The molecule has 1 aromatic heterocycles. The maximum Gasteiger partial charge on any atom is 0.416 e. The van der Waals surface area contributed by atoms with Crippen LogP contribution in [0, 0.1) is 0 Å². The second-order valence-electron chi connectivity index (χ2n) is 6.51. The van der Waals surface area contributed by atoms with Crippen LogP contribution < -0.4 is 10.2 Å². The Hall–Kier alpha value is -2.30. The quantitative estimate of drug-likeness (QED) is 0.684. The fourth-order valence-electron chi connectivity index (χ4n) is 3.09. The van der Waals surface area contributed by atoms with Gasteiger partial charge in [0.1, 0.15) is 4.88 Å². The number of rotatable bonds is 5. The number of piperazine rings is 1. The summed E-state index contributed by atoms with van der Waals surface area (Å²) in [5.41, 5.74) is 0.258. The number of amides is 1. The van der Waals surface area contributed by atoms with Gasteiger partial charge in [0.15, 0.2) is 0 Å². The van der Waals surface area contributed by atoms with E-state index in [-0.39, 0.29) is 24.9 Å². The number of esters is 1. The highest BCUT2D eigenvalue weighted by molar-refractivity contribution is 7.12. The van der Waals surface area contributed by atoms with Gasteiger partial charge in [-0.05, 0) is 29.6 Å². The van der Waals surface area contributed by atoms with Crippen LogP contribution in [0.2, 0.25) is 0 Å². The highest BCUT2D eigenvalue weighted by atomic mass is 35.5. The molecule has 6 nitrogen and oxygen atoms in total. The third-order valence-corrected chi connectivity index (χ3v) is 5.48. The topological polar surface area (TPSA) is 61.9 Å². The van der Waals surface area contributed by atoms with Gasteiger partial charge in [-0.3, -0.25) is 9.69 Å². The molecule has 30 heavy (non-hydrogen) atoms. The zero-order valence-corrected chi connectivity index (χ0v) is 17.7. The fraction of sp³-hybridized carbons (Fsp3) is 0.368. The van der Waals surface area contributed by atoms with Crippen molar-refractivity contribution in [2.45, 2.75) is 6.18 Å². The zero-order valence-electron chi connectivity index (χ0n) is 16.1. The molecule has 0 atom stereocenters. The molecule has 164 valence electrons. The third-order valence-electron chi connectivity index (χ3n) is 4.59. The molecule has 0 bridgehead atoms. The first-order chi connectivity index (χ1) is 13.8. The van der Waals surface area contributed by atoms with Crippen LogP contribution in [0.15, 0.2) is 35.7 Å². The molecule has 1 aromatic carbocycles. The number of thiophene rings is 1. The number of carbonyl (C=O) groups excluding carboxylic acids is 2. The Morgan fingerprint density at radius 3 is 2.50 bits per heavy atom. The number of nitrogens with one attached hydrogen (secondary N) is 1. The summed E-state index contributed by atoms with van der Waals surface area (Å²) in [5, 5.41) is 4.40. The first kappa shape index (κ1) is 24.0. The molecule has 0 aliphatic carbocycles. The van der Waals surface area contributed by atoms with Crippen molar-refractivity contribution in [3.8, 4) is 0 Å². The van der Waals surface area contributed by atoms with E-state index in [2.05, 4.69) is 10.1 Å². The van der Waals surface area contributed by atoms with Gasteiger partial charge in [-0.1, -0.05) is 6.07 Å². The van der Waals surface area contributed by atoms with Gasteiger partial charge < -0.3 is 15.0 Å². The van der Waals surface area contributed by atoms with Gasteiger partial charge in [-0.15, -0.1) is 23.7 Å². The lowest BCUT2D eigenvalue weighted by Gasteiger charge is -2.36. The average molecular weight is 464 g/mol. The van der Waals surface area contributed by atoms with Gasteiger partial charge in [0, 0.05) is 31.9 Å². The Morgan fingerprint density at radius 2 is 1.87 bits per heavy atom. The number of methoxy groups -OCH3 is 1. The van der Waals surface area contributed by atoms with E-state index in [0.717, 1.165) is 12.1 Å². The Kier molecular flexibility index (Phi) is 8.10. The van der Waals surface area contributed by atoms with Crippen molar-refractivity contribution in [1.82, 2.24) is 4.90 Å². The predicted molar refractivity (Wildman–Crippen MR) is 112 cm³/mol. The van der Waals surface area contributed by atoms with Crippen LogP contribution in [0.5, 0.6) is 0 Å².